The van der Waals surface area contributed by atoms with Crippen LogP contribution in [0.4, 0.5) is 5.69 Å². The van der Waals surface area contributed by atoms with Gasteiger partial charge in [0.25, 0.3) is 11.8 Å². The van der Waals surface area contributed by atoms with Gasteiger partial charge in [0.2, 0.25) is 0 Å². The van der Waals surface area contributed by atoms with Crippen LogP contribution in [-0.4, -0.2) is 40.3 Å². The number of carbonyl (C=O) groups excluding carboxylic acids is 3. The minimum Gasteiger partial charge on any atom is -0.484 e. The maximum atomic E-state index is 12.3. The smallest absolute Gasteiger partial charge is 0.338 e. The molecule has 0 saturated heterocycles. The van der Waals surface area contributed by atoms with Crippen LogP contribution in [0.1, 0.15) is 28.7 Å². The first-order valence-corrected chi connectivity index (χ1v) is 8.22. The first kappa shape index (κ1) is 20.0. The number of hydrogen-bond acceptors (Lipinski definition) is 6. The molecule has 3 N–H and O–H groups in total. The fraction of sp³-hybridized carbons (Fsp3) is 0.333. The van der Waals surface area contributed by atoms with Gasteiger partial charge in [-0.05, 0) is 45.0 Å². The highest BCUT2D eigenvalue weighted by Gasteiger charge is 2.21. The Morgan fingerprint density at radius 3 is 2.37 bits per heavy atom. The monoisotopic (exact) mass is 374 g/mol. The topological polar surface area (TPSA) is 126 Å². The molecule has 27 heavy (non-hydrogen) atoms. The summed E-state index contributed by atoms with van der Waals surface area (Å²) >= 11 is 0. The molecule has 1 unspecified atom stereocenters. The highest BCUT2D eigenvalue weighted by atomic mass is 16.5. The van der Waals surface area contributed by atoms with Gasteiger partial charge in [-0.25, -0.2) is 4.79 Å². The van der Waals surface area contributed by atoms with Crippen LogP contribution in [0.25, 0.3) is 0 Å². The average Bonchev–Trinajstić information content (AvgIpc) is 2.86. The van der Waals surface area contributed by atoms with Crippen LogP contribution in [0.5, 0.6) is 5.75 Å². The minimum absolute atomic E-state index is 0.245. The molecule has 9 heteroatoms. The van der Waals surface area contributed by atoms with Gasteiger partial charge in [-0.3, -0.25) is 14.3 Å². The van der Waals surface area contributed by atoms with Crippen molar-refractivity contribution in [3.8, 4) is 5.75 Å². The molecule has 0 saturated carbocycles. The fourth-order valence-electron chi connectivity index (χ4n) is 2.30. The number of benzene rings is 1. The van der Waals surface area contributed by atoms with E-state index < -0.39 is 23.9 Å². The Labute approximate surface area is 156 Å². The summed E-state index contributed by atoms with van der Waals surface area (Å²) in [5.74, 6) is -1.32. The molecule has 1 aromatic heterocycles. The van der Waals surface area contributed by atoms with Gasteiger partial charge < -0.3 is 20.5 Å². The van der Waals surface area contributed by atoms with Crippen molar-refractivity contribution < 1.29 is 23.9 Å². The second-order valence-electron chi connectivity index (χ2n) is 5.99. The lowest BCUT2D eigenvalue weighted by atomic mass is 10.2. The Morgan fingerprint density at radius 1 is 1.22 bits per heavy atom. The van der Waals surface area contributed by atoms with Crippen LogP contribution in [-0.2, 0) is 21.4 Å². The summed E-state index contributed by atoms with van der Waals surface area (Å²) in [6.07, 6.45) is -0.998. The van der Waals surface area contributed by atoms with E-state index in [2.05, 4.69) is 10.4 Å². The number of anilines is 1. The number of primary amides is 1. The largest absolute Gasteiger partial charge is 0.484 e. The summed E-state index contributed by atoms with van der Waals surface area (Å²) in [5.41, 5.74) is 7.31. The van der Waals surface area contributed by atoms with E-state index in [0.29, 0.717) is 17.1 Å². The molecule has 9 nitrogen and oxygen atoms in total. The molecule has 2 amide bonds. The summed E-state index contributed by atoms with van der Waals surface area (Å²) < 4.78 is 12.0. The number of esters is 1. The zero-order chi connectivity index (χ0) is 20.1. The van der Waals surface area contributed by atoms with E-state index in [1.54, 1.807) is 18.7 Å². The zero-order valence-corrected chi connectivity index (χ0v) is 15.6. The Hall–Kier alpha value is -3.36. The van der Waals surface area contributed by atoms with E-state index in [9.17, 15) is 14.4 Å². The van der Waals surface area contributed by atoms with Gasteiger partial charge in [0.05, 0.1) is 22.6 Å². The van der Waals surface area contributed by atoms with Crippen molar-refractivity contribution in [3.63, 3.8) is 0 Å². The lowest BCUT2D eigenvalue weighted by molar-refractivity contribution is -0.123. The van der Waals surface area contributed by atoms with E-state index in [4.69, 9.17) is 15.2 Å². The number of nitrogens with two attached hydrogens (primary N) is 1. The molecular formula is C18H22N4O5. The molecular weight excluding hydrogens is 352 g/mol. The predicted octanol–water partition coefficient (Wildman–Crippen LogP) is 1.09. The fourth-order valence-corrected chi connectivity index (χ4v) is 2.30. The number of ether oxygens (including phenoxy) is 2. The van der Waals surface area contributed by atoms with E-state index in [1.165, 1.54) is 31.2 Å². The molecule has 2 rings (SSSR count). The van der Waals surface area contributed by atoms with Crippen LogP contribution >= 0.6 is 0 Å². The van der Waals surface area contributed by atoms with Crippen LogP contribution in [0, 0.1) is 13.8 Å². The minimum atomic E-state index is -0.998. The standard InChI is InChI=1S/C18H22N4O5/c1-10-16(11(2)22(4)21-10)20-17(24)12(3)27-18(25)13-5-7-14(8-6-13)26-9-15(19)23/h5-8,12H,9H2,1-4H3,(H2,19,23)(H,20,24). The summed E-state index contributed by atoms with van der Waals surface area (Å²) in [7, 11) is 1.78. The van der Waals surface area contributed by atoms with Crippen molar-refractivity contribution in [1.29, 1.82) is 0 Å². The highest BCUT2D eigenvalue weighted by Crippen LogP contribution is 2.19. The Morgan fingerprint density at radius 2 is 1.85 bits per heavy atom. The summed E-state index contributed by atoms with van der Waals surface area (Å²) in [6, 6.07) is 5.96. The molecule has 1 aromatic carbocycles. The van der Waals surface area contributed by atoms with Gasteiger partial charge >= 0.3 is 5.97 Å². The number of nitrogens with one attached hydrogen (secondary N) is 1. The van der Waals surface area contributed by atoms with E-state index in [-0.39, 0.29) is 12.2 Å². The van der Waals surface area contributed by atoms with Crippen LogP contribution in [0.2, 0.25) is 0 Å². The Kier molecular flexibility index (Phi) is 6.17. The van der Waals surface area contributed by atoms with Gasteiger partial charge in [0, 0.05) is 7.05 Å². The number of nitrogens with zero attached hydrogens (tertiary/aromatic N) is 2. The molecule has 2 aromatic rings. The van der Waals surface area contributed by atoms with Crippen LogP contribution < -0.4 is 15.8 Å². The maximum Gasteiger partial charge on any atom is 0.338 e. The van der Waals surface area contributed by atoms with Crippen molar-refractivity contribution in [2.24, 2.45) is 12.8 Å². The van der Waals surface area contributed by atoms with Gasteiger partial charge in [-0.1, -0.05) is 0 Å². The summed E-state index contributed by atoms with van der Waals surface area (Å²) in [5, 5.41) is 6.95. The lowest BCUT2D eigenvalue weighted by Crippen LogP contribution is -2.30. The molecule has 1 heterocycles. The van der Waals surface area contributed by atoms with Gasteiger partial charge in [0.15, 0.2) is 12.7 Å². The van der Waals surface area contributed by atoms with E-state index in [1.807, 2.05) is 6.92 Å². The first-order valence-electron chi connectivity index (χ1n) is 8.22. The number of amides is 2. The first-order chi connectivity index (χ1) is 12.7. The quantitative estimate of drug-likeness (QED) is 0.699. The summed E-state index contributed by atoms with van der Waals surface area (Å²) in [6.45, 7) is 4.84. The van der Waals surface area contributed by atoms with Crippen molar-refractivity contribution in [2.45, 2.75) is 26.9 Å². The zero-order valence-electron chi connectivity index (χ0n) is 15.6. The molecule has 0 aliphatic heterocycles. The molecule has 0 aliphatic carbocycles. The van der Waals surface area contributed by atoms with E-state index >= 15 is 0 Å². The average molecular weight is 374 g/mol. The molecule has 0 aliphatic rings. The second-order valence-corrected chi connectivity index (χ2v) is 5.99. The molecule has 0 bridgehead atoms. The van der Waals surface area contributed by atoms with Crippen LogP contribution in [0.15, 0.2) is 24.3 Å². The lowest BCUT2D eigenvalue weighted by Gasteiger charge is -2.14. The molecule has 0 radical (unpaired) electrons. The van der Waals surface area contributed by atoms with Crippen molar-refractivity contribution >= 4 is 23.5 Å². The Balaban J connectivity index is 1.96. The number of aromatic nitrogens is 2. The number of rotatable bonds is 7. The normalized spacial score (nSPS) is 11.6. The van der Waals surface area contributed by atoms with Crippen molar-refractivity contribution in [1.82, 2.24) is 9.78 Å². The van der Waals surface area contributed by atoms with Gasteiger partial charge in [-0.2, -0.15) is 5.10 Å². The van der Waals surface area contributed by atoms with Crippen LogP contribution in [0.3, 0.4) is 0 Å². The third-order valence-electron chi connectivity index (χ3n) is 3.88. The maximum absolute atomic E-state index is 12.3. The highest BCUT2D eigenvalue weighted by molar-refractivity contribution is 5.98. The third-order valence-corrected chi connectivity index (χ3v) is 3.88. The molecule has 1 atom stereocenters. The molecule has 0 spiro atoms. The van der Waals surface area contributed by atoms with Crippen molar-refractivity contribution in [2.75, 3.05) is 11.9 Å². The summed E-state index contributed by atoms with van der Waals surface area (Å²) in [4.78, 5) is 35.2. The third kappa shape index (κ3) is 5.06. The molecule has 0 fully saturated rings. The molecule has 144 valence electrons. The number of carbonyl (C=O) groups is 3. The Bertz CT molecular complexity index is 857. The van der Waals surface area contributed by atoms with Crippen molar-refractivity contribution in [3.05, 3.63) is 41.2 Å². The van der Waals surface area contributed by atoms with Gasteiger partial charge in [0.1, 0.15) is 5.75 Å². The SMILES string of the molecule is Cc1nn(C)c(C)c1NC(=O)C(C)OC(=O)c1ccc(OCC(N)=O)cc1. The predicted molar refractivity (Wildman–Crippen MR) is 97.3 cm³/mol. The number of hydrogen-bond donors (Lipinski definition) is 2. The van der Waals surface area contributed by atoms with E-state index in [0.717, 1.165) is 5.69 Å². The second kappa shape index (κ2) is 8.35. The number of aryl methyl sites for hydroxylation is 2. The van der Waals surface area contributed by atoms with Gasteiger partial charge in [-0.15, -0.1) is 0 Å².